The molecule has 3 aromatic heterocycles. The lowest BCUT2D eigenvalue weighted by Gasteiger charge is -2.09. The van der Waals surface area contributed by atoms with Gasteiger partial charge in [0.15, 0.2) is 0 Å². The molecule has 0 radical (unpaired) electrons. The number of fused-ring (bicyclic) bond motifs is 4. The summed E-state index contributed by atoms with van der Waals surface area (Å²) in [5, 5.41) is 3.76. The predicted octanol–water partition coefficient (Wildman–Crippen LogP) is 7.79. The van der Waals surface area contributed by atoms with Gasteiger partial charge in [0.05, 0.1) is 16.6 Å². The van der Waals surface area contributed by atoms with Crippen molar-refractivity contribution in [3.63, 3.8) is 0 Å². The molecule has 0 amide bonds. The molecule has 3 nitrogen and oxygen atoms in total. The van der Waals surface area contributed by atoms with Gasteiger partial charge in [-0.25, -0.2) is 0 Å². The van der Waals surface area contributed by atoms with Crippen LogP contribution in [0.25, 0.3) is 55.2 Å². The summed E-state index contributed by atoms with van der Waals surface area (Å²) in [7, 11) is 0. The Morgan fingerprint density at radius 2 is 1.35 bits per heavy atom. The summed E-state index contributed by atoms with van der Waals surface area (Å²) in [4.78, 5) is 4.24. The van der Waals surface area contributed by atoms with Crippen molar-refractivity contribution in [1.82, 2.24) is 14.1 Å². The molecule has 7 aromatic rings. The minimum absolute atomic E-state index is 1.13. The number of rotatable bonds is 3. The van der Waals surface area contributed by atoms with Crippen molar-refractivity contribution in [3.8, 4) is 22.5 Å². The lowest BCUT2D eigenvalue weighted by molar-refractivity contribution is 1.13. The fourth-order valence-electron chi connectivity index (χ4n) is 5.03. The van der Waals surface area contributed by atoms with Crippen LogP contribution in [-0.4, -0.2) is 14.1 Å². The molecule has 160 valence electrons. The van der Waals surface area contributed by atoms with Gasteiger partial charge in [-0.1, -0.05) is 54.6 Å². The molecule has 0 atom stereocenters. The van der Waals surface area contributed by atoms with Crippen LogP contribution in [0, 0.1) is 0 Å². The third kappa shape index (κ3) is 2.87. The van der Waals surface area contributed by atoms with Crippen molar-refractivity contribution in [3.05, 3.63) is 128 Å². The van der Waals surface area contributed by atoms with Crippen molar-refractivity contribution in [1.29, 1.82) is 0 Å². The molecule has 3 heteroatoms. The monoisotopic (exact) mass is 435 g/mol. The molecular formula is C31H21N3. The molecule has 0 fully saturated rings. The van der Waals surface area contributed by atoms with Crippen LogP contribution in [0.3, 0.4) is 0 Å². The average molecular weight is 436 g/mol. The first-order chi connectivity index (χ1) is 16.9. The van der Waals surface area contributed by atoms with Crippen LogP contribution < -0.4 is 0 Å². The van der Waals surface area contributed by atoms with Crippen LogP contribution in [0.5, 0.6) is 0 Å². The van der Waals surface area contributed by atoms with Crippen LogP contribution in [0.15, 0.2) is 128 Å². The minimum Gasteiger partial charge on any atom is -0.317 e. The molecule has 3 heterocycles. The highest BCUT2D eigenvalue weighted by Gasteiger charge is 2.14. The van der Waals surface area contributed by atoms with Crippen LogP contribution in [0.1, 0.15) is 0 Å². The molecule has 0 bridgehead atoms. The Hall–Kier alpha value is -4.63. The van der Waals surface area contributed by atoms with Crippen molar-refractivity contribution in [2.75, 3.05) is 0 Å². The Balaban J connectivity index is 1.43. The van der Waals surface area contributed by atoms with E-state index in [4.69, 9.17) is 0 Å². The predicted molar refractivity (Wildman–Crippen MR) is 141 cm³/mol. The van der Waals surface area contributed by atoms with Crippen LogP contribution >= 0.6 is 0 Å². The van der Waals surface area contributed by atoms with Crippen molar-refractivity contribution >= 4 is 32.7 Å². The summed E-state index contributed by atoms with van der Waals surface area (Å²) in [5.74, 6) is 0. The quantitative estimate of drug-likeness (QED) is 0.278. The number of pyridine rings is 1. The fourth-order valence-corrected chi connectivity index (χ4v) is 5.03. The summed E-state index contributed by atoms with van der Waals surface area (Å²) < 4.78 is 4.64. The molecule has 0 aliphatic rings. The van der Waals surface area contributed by atoms with Gasteiger partial charge < -0.3 is 9.13 Å². The summed E-state index contributed by atoms with van der Waals surface area (Å²) in [6.45, 7) is 0. The van der Waals surface area contributed by atoms with Crippen LogP contribution in [0.2, 0.25) is 0 Å². The van der Waals surface area contributed by atoms with E-state index in [-0.39, 0.29) is 0 Å². The summed E-state index contributed by atoms with van der Waals surface area (Å²) in [6, 6.07) is 38.9. The molecular weight excluding hydrogens is 414 g/mol. The van der Waals surface area contributed by atoms with E-state index in [0.29, 0.717) is 0 Å². The highest BCUT2D eigenvalue weighted by molar-refractivity contribution is 6.13. The van der Waals surface area contributed by atoms with Gasteiger partial charge in [0, 0.05) is 46.1 Å². The lowest BCUT2D eigenvalue weighted by Crippen LogP contribution is -1.94. The lowest BCUT2D eigenvalue weighted by atomic mass is 10.1. The topological polar surface area (TPSA) is 22.8 Å². The van der Waals surface area contributed by atoms with Crippen LogP contribution in [0.4, 0.5) is 0 Å². The molecule has 0 saturated heterocycles. The first kappa shape index (κ1) is 18.9. The second-order valence-corrected chi connectivity index (χ2v) is 8.59. The van der Waals surface area contributed by atoms with E-state index in [1.165, 1.54) is 44.0 Å². The number of benzene rings is 4. The normalized spacial score (nSPS) is 11.5. The Morgan fingerprint density at radius 3 is 2.18 bits per heavy atom. The summed E-state index contributed by atoms with van der Waals surface area (Å²) in [6.07, 6.45) is 5.87. The Morgan fingerprint density at radius 1 is 0.529 bits per heavy atom. The summed E-state index contributed by atoms with van der Waals surface area (Å²) in [5.41, 5.74) is 8.28. The zero-order chi connectivity index (χ0) is 22.5. The number of para-hydroxylation sites is 2. The molecule has 0 saturated carbocycles. The van der Waals surface area contributed by atoms with E-state index in [2.05, 4.69) is 123 Å². The molecule has 0 N–H and O–H groups in total. The van der Waals surface area contributed by atoms with E-state index in [0.717, 1.165) is 11.3 Å². The van der Waals surface area contributed by atoms with Gasteiger partial charge in [-0.3, -0.25) is 4.98 Å². The highest BCUT2D eigenvalue weighted by Crippen LogP contribution is 2.35. The molecule has 0 unspecified atom stereocenters. The highest BCUT2D eigenvalue weighted by atomic mass is 15.0. The third-order valence-corrected chi connectivity index (χ3v) is 6.64. The van der Waals surface area contributed by atoms with Crippen molar-refractivity contribution < 1.29 is 0 Å². The largest absolute Gasteiger partial charge is 0.317 e. The van der Waals surface area contributed by atoms with Crippen molar-refractivity contribution in [2.24, 2.45) is 0 Å². The molecule has 34 heavy (non-hydrogen) atoms. The van der Waals surface area contributed by atoms with Gasteiger partial charge in [-0.05, 0) is 65.7 Å². The summed E-state index contributed by atoms with van der Waals surface area (Å²) >= 11 is 0. The SMILES string of the molecule is c1ccc(-n2c3ccccc3c3cc4c(ccn4-c4ccc(-c5cccnc5)cc4)cc32)cc1. The maximum atomic E-state index is 4.24. The van der Waals surface area contributed by atoms with Crippen molar-refractivity contribution in [2.45, 2.75) is 0 Å². The number of hydrogen-bond acceptors (Lipinski definition) is 1. The maximum absolute atomic E-state index is 4.24. The molecule has 0 aliphatic heterocycles. The second-order valence-electron chi connectivity index (χ2n) is 8.59. The smallest absolute Gasteiger partial charge is 0.0548 e. The number of hydrogen-bond donors (Lipinski definition) is 0. The zero-order valence-electron chi connectivity index (χ0n) is 18.5. The molecule has 4 aromatic carbocycles. The number of aromatic nitrogens is 3. The Labute approximate surface area is 197 Å². The van der Waals surface area contributed by atoms with Crippen LogP contribution in [-0.2, 0) is 0 Å². The molecule has 0 spiro atoms. The average Bonchev–Trinajstić information content (AvgIpc) is 3.47. The first-order valence-corrected chi connectivity index (χ1v) is 11.5. The Kier molecular flexibility index (Phi) is 4.15. The van der Waals surface area contributed by atoms with E-state index < -0.39 is 0 Å². The first-order valence-electron chi connectivity index (χ1n) is 11.5. The van der Waals surface area contributed by atoms with Gasteiger partial charge in [-0.15, -0.1) is 0 Å². The van der Waals surface area contributed by atoms with E-state index in [1.807, 2.05) is 12.3 Å². The second kappa shape index (κ2) is 7.46. The molecule has 7 rings (SSSR count). The van der Waals surface area contributed by atoms with Gasteiger partial charge in [0.2, 0.25) is 0 Å². The Bertz CT molecular complexity index is 1770. The van der Waals surface area contributed by atoms with E-state index >= 15 is 0 Å². The van der Waals surface area contributed by atoms with Gasteiger partial charge in [0.25, 0.3) is 0 Å². The third-order valence-electron chi connectivity index (χ3n) is 6.64. The van der Waals surface area contributed by atoms with Gasteiger partial charge in [0.1, 0.15) is 0 Å². The molecule has 0 aliphatic carbocycles. The fraction of sp³-hybridized carbons (Fsp3) is 0. The number of nitrogens with zero attached hydrogens (tertiary/aromatic N) is 3. The zero-order valence-corrected chi connectivity index (χ0v) is 18.5. The van der Waals surface area contributed by atoms with Gasteiger partial charge in [-0.2, -0.15) is 0 Å². The standard InChI is InChI=1S/C31H21N3/c1-2-8-26(9-3-1)34-29-11-5-4-10-27(29)28-20-30-23(19-31(28)34)16-18-33(30)25-14-12-22(13-15-25)24-7-6-17-32-21-24/h1-21H. The maximum Gasteiger partial charge on any atom is 0.0548 e. The van der Waals surface area contributed by atoms with E-state index in [1.54, 1.807) is 6.20 Å². The minimum atomic E-state index is 1.13. The van der Waals surface area contributed by atoms with Gasteiger partial charge >= 0.3 is 0 Å². The van der Waals surface area contributed by atoms with E-state index in [9.17, 15) is 0 Å².